The molecule has 1 heterocycles. The van der Waals surface area contributed by atoms with E-state index in [1.54, 1.807) is 21.1 Å². The molecule has 1 amide bonds. The Morgan fingerprint density at radius 2 is 1.89 bits per heavy atom. The normalized spacial score (nSPS) is 11.6. The van der Waals surface area contributed by atoms with Crippen molar-refractivity contribution in [3.05, 3.63) is 53.4 Å². The van der Waals surface area contributed by atoms with Gasteiger partial charge in [-0.1, -0.05) is 12.1 Å². The zero-order chi connectivity index (χ0) is 20.1. The summed E-state index contributed by atoms with van der Waals surface area (Å²) in [6.07, 6.45) is -0.643. The van der Waals surface area contributed by atoms with Crippen molar-refractivity contribution >= 4 is 22.4 Å². The van der Waals surface area contributed by atoms with Gasteiger partial charge in [-0.25, -0.2) is 4.98 Å². The number of ether oxygens (including phenoxy) is 3. The molecule has 0 saturated heterocycles. The minimum atomic E-state index is -0.643. The van der Waals surface area contributed by atoms with Crippen molar-refractivity contribution in [2.75, 3.05) is 19.5 Å². The first-order chi connectivity index (χ1) is 13.5. The predicted octanol–water partition coefficient (Wildman–Crippen LogP) is 4.54. The molecule has 3 aromatic rings. The number of hydrogen-bond donors (Lipinski definition) is 1. The summed E-state index contributed by atoms with van der Waals surface area (Å²) in [5.41, 5.74) is 2.69. The zero-order valence-electron chi connectivity index (χ0n) is 16.2. The fraction of sp³-hybridized carbons (Fsp3) is 0.238. The van der Waals surface area contributed by atoms with Gasteiger partial charge >= 0.3 is 0 Å². The lowest BCUT2D eigenvalue weighted by Crippen LogP contribution is -2.30. The standard InChI is InChI=1S/C21H22N2O4S/c1-13-6-5-7-16(10-13)27-14(2)20(24)23-21-22-17(12-28-21)15-8-9-18(25-3)19(11-15)26-4/h5-12,14H,1-4H3,(H,22,23,24). The van der Waals surface area contributed by atoms with Crippen LogP contribution >= 0.6 is 11.3 Å². The van der Waals surface area contributed by atoms with Gasteiger partial charge in [-0.2, -0.15) is 0 Å². The number of aryl methyl sites for hydroxylation is 1. The van der Waals surface area contributed by atoms with Crippen molar-refractivity contribution < 1.29 is 19.0 Å². The molecular weight excluding hydrogens is 376 g/mol. The molecule has 1 N–H and O–H groups in total. The molecule has 6 nitrogen and oxygen atoms in total. The van der Waals surface area contributed by atoms with Gasteiger partial charge < -0.3 is 14.2 Å². The predicted molar refractivity (Wildman–Crippen MR) is 111 cm³/mol. The summed E-state index contributed by atoms with van der Waals surface area (Å²) in [5, 5.41) is 5.19. The number of nitrogens with zero attached hydrogens (tertiary/aromatic N) is 1. The van der Waals surface area contributed by atoms with Crippen molar-refractivity contribution in [2.45, 2.75) is 20.0 Å². The number of thiazole rings is 1. The number of carbonyl (C=O) groups is 1. The number of rotatable bonds is 7. The van der Waals surface area contributed by atoms with Crippen LogP contribution in [-0.4, -0.2) is 31.2 Å². The summed E-state index contributed by atoms with van der Waals surface area (Å²) < 4.78 is 16.3. The van der Waals surface area contributed by atoms with Gasteiger partial charge in [0.1, 0.15) is 5.75 Å². The van der Waals surface area contributed by atoms with Crippen molar-refractivity contribution in [3.63, 3.8) is 0 Å². The van der Waals surface area contributed by atoms with Crippen LogP contribution in [0.2, 0.25) is 0 Å². The Balaban J connectivity index is 1.67. The van der Waals surface area contributed by atoms with Crippen molar-refractivity contribution in [1.82, 2.24) is 4.98 Å². The highest BCUT2D eigenvalue weighted by molar-refractivity contribution is 7.14. The fourth-order valence-electron chi connectivity index (χ4n) is 2.61. The Kier molecular flexibility index (Phi) is 6.16. The molecule has 0 aliphatic rings. The molecule has 0 fully saturated rings. The summed E-state index contributed by atoms with van der Waals surface area (Å²) in [6, 6.07) is 13.2. The van der Waals surface area contributed by atoms with Gasteiger partial charge in [0.25, 0.3) is 5.91 Å². The molecular formula is C21H22N2O4S. The zero-order valence-corrected chi connectivity index (χ0v) is 17.0. The second-order valence-electron chi connectivity index (χ2n) is 6.17. The van der Waals surface area contributed by atoms with Crippen LogP contribution in [-0.2, 0) is 4.79 Å². The maximum absolute atomic E-state index is 12.4. The molecule has 0 saturated carbocycles. The van der Waals surface area contributed by atoms with Crippen LogP contribution in [0.3, 0.4) is 0 Å². The molecule has 0 aliphatic carbocycles. The van der Waals surface area contributed by atoms with Gasteiger partial charge in [-0.15, -0.1) is 11.3 Å². The smallest absolute Gasteiger partial charge is 0.266 e. The van der Waals surface area contributed by atoms with Crippen LogP contribution in [0.25, 0.3) is 11.3 Å². The molecule has 7 heteroatoms. The third-order valence-electron chi connectivity index (χ3n) is 4.09. The summed E-state index contributed by atoms with van der Waals surface area (Å²) in [7, 11) is 3.18. The van der Waals surface area contributed by atoms with E-state index in [-0.39, 0.29) is 5.91 Å². The van der Waals surface area contributed by atoms with E-state index >= 15 is 0 Å². The first-order valence-electron chi connectivity index (χ1n) is 8.72. The monoisotopic (exact) mass is 398 g/mol. The van der Waals surface area contributed by atoms with E-state index in [9.17, 15) is 4.79 Å². The van der Waals surface area contributed by atoms with E-state index in [0.717, 1.165) is 16.8 Å². The highest BCUT2D eigenvalue weighted by Gasteiger charge is 2.17. The average molecular weight is 398 g/mol. The SMILES string of the molecule is COc1ccc(-c2csc(NC(=O)C(C)Oc3cccc(C)c3)n2)cc1OC. The van der Waals surface area contributed by atoms with Gasteiger partial charge in [0.05, 0.1) is 19.9 Å². The lowest BCUT2D eigenvalue weighted by Gasteiger charge is -2.14. The molecule has 0 aliphatic heterocycles. The van der Waals surface area contributed by atoms with Gasteiger partial charge in [-0.05, 0) is 49.7 Å². The summed E-state index contributed by atoms with van der Waals surface area (Å²) in [4.78, 5) is 16.9. The van der Waals surface area contributed by atoms with E-state index < -0.39 is 6.10 Å². The Morgan fingerprint density at radius 3 is 2.61 bits per heavy atom. The van der Waals surface area contributed by atoms with Crippen LogP contribution < -0.4 is 19.5 Å². The van der Waals surface area contributed by atoms with E-state index in [4.69, 9.17) is 14.2 Å². The molecule has 28 heavy (non-hydrogen) atoms. The molecule has 146 valence electrons. The second-order valence-corrected chi connectivity index (χ2v) is 7.03. The van der Waals surface area contributed by atoms with Crippen LogP contribution in [0.4, 0.5) is 5.13 Å². The largest absolute Gasteiger partial charge is 0.493 e. The maximum Gasteiger partial charge on any atom is 0.266 e. The van der Waals surface area contributed by atoms with Crippen LogP contribution in [0.1, 0.15) is 12.5 Å². The van der Waals surface area contributed by atoms with E-state index in [0.29, 0.717) is 22.4 Å². The third-order valence-corrected chi connectivity index (χ3v) is 4.84. The van der Waals surface area contributed by atoms with E-state index in [2.05, 4.69) is 10.3 Å². The molecule has 0 spiro atoms. The fourth-order valence-corrected chi connectivity index (χ4v) is 3.34. The molecule has 1 unspecified atom stereocenters. The molecule has 0 bridgehead atoms. The maximum atomic E-state index is 12.4. The van der Waals surface area contributed by atoms with Gasteiger partial charge in [-0.3, -0.25) is 10.1 Å². The van der Waals surface area contributed by atoms with Crippen molar-refractivity contribution in [2.24, 2.45) is 0 Å². The topological polar surface area (TPSA) is 69.7 Å². The number of hydrogen-bond acceptors (Lipinski definition) is 6. The second kappa shape index (κ2) is 8.75. The van der Waals surface area contributed by atoms with Gasteiger partial charge in [0, 0.05) is 10.9 Å². The Labute approximate surface area is 168 Å². The number of amides is 1. The number of benzene rings is 2. The van der Waals surface area contributed by atoms with Crippen LogP contribution in [0, 0.1) is 6.92 Å². The Morgan fingerprint density at radius 1 is 1.11 bits per heavy atom. The van der Waals surface area contributed by atoms with Gasteiger partial charge in [0.15, 0.2) is 22.7 Å². The third kappa shape index (κ3) is 4.61. The highest BCUT2D eigenvalue weighted by atomic mass is 32.1. The van der Waals surface area contributed by atoms with Gasteiger partial charge in [0.2, 0.25) is 0 Å². The van der Waals surface area contributed by atoms with Crippen LogP contribution in [0.15, 0.2) is 47.8 Å². The molecule has 0 radical (unpaired) electrons. The molecule has 1 aromatic heterocycles. The highest BCUT2D eigenvalue weighted by Crippen LogP contribution is 2.33. The van der Waals surface area contributed by atoms with E-state index in [1.165, 1.54) is 11.3 Å². The summed E-state index contributed by atoms with van der Waals surface area (Å²) in [6.45, 7) is 3.68. The number of methoxy groups -OCH3 is 2. The molecule has 1 atom stereocenters. The Bertz CT molecular complexity index is 971. The first kappa shape index (κ1) is 19.7. The first-order valence-corrected chi connectivity index (χ1v) is 9.60. The minimum Gasteiger partial charge on any atom is -0.493 e. The van der Waals surface area contributed by atoms with E-state index in [1.807, 2.05) is 54.8 Å². The lowest BCUT2D eigenvalue weighted by molar-refractivity contribution is -0.122. The summed E-state index contributed by atoms with van der Waals surface area (Å²) in [5.74, 6) is 1.68. The minimum absolute atomic E-state index is 0.255. The summed E-state index contributed by atoms with van der Waals surface area (Å²) >= 11 is 1.35. The lowest BCUT2D eigenvalue weighted by atomic mass is 10.1. The number of anilines is 1. The van der Waals surface area contributed by atoms with Crippen molar-refractivity contribution in [1.29, 1.82) is 0 Å². The number of aromatic nitrogens is 1. The Hall–Kier alpha value is -3.06. The average Bonchev–Trinajstić information content (AvgIpc) is 3.15. The molecule has 2 aromatic carbocycles. The molecule has 3 rings (SSSR count). The quantitative estimate of drug-likeness (QED) is 0.633. The van der Waals surface area contributed by atoms with Crippen LogP contribution in [0.5, 0.6) is 17.2 Å². The number of nitrogens with one attached hydrogen (secondary N) is 1. The number of carbonyl (C=O) groups excluding carboxylic acids is 1. The van der Waals surface area contributed by atoms with Crippen molar-refractivity contribution in [3.8, 4) is 28.5 Å².